The molecule has 1 aliphatic heterocycles. The summed E-state index contributed by atoms with van der Waals surface area (Å²) in [6.07, 6.45) is 11.3. The van der Waals surface area contributed by atoms with E-state index in [9.17, 15) is 19.6 Å². The first-order valence-electron chi connectivity index (χ1n) is 15.4. The van der Waals surface area contributed by atoms with Crippen molar-refractivity contribution in [2.24, 2.45) is 51.2 Å². The predicted molar refractivity (Wildman–Crippen MR) is 150 cm³/mol. The molecule has 210 valence electrons. The van der Waals surface area contributed by atoms with E-state index in [1.54, 1.807) is 0 Å². The Hall–Kier alpha value is -2.22. The van der Waals surface area contributed by atoms with Crippen LogP contribution in [0.3, 0.4) is 0 Å². The van der Waals surface area contributed by atoms with Crippen LogP contribution in [-0.4, -0.2) is 34.5 Å². The number of Topliss-reactive ketones (excluding diaryl/α,β-unsaturated/α-hetero) is 1. The van der Waals surface area contributed by atoms with Gasteiger partial charge in [0, 0.05) is 35.3 Å². The smallest absolute Gasteiger partial charge is 0.223 e. The maximum absolute atomic E-state index is 14.6. The van der Waals surface area contributed by atoms with Crippen molar-refractivity contribution in [3.05, 3.63) is 23.3 Å². The molecule has 0 aromatic carbocycles. The Balaban J connectivity index is 1.53. The van der Waals surface area contributed by atoms with Crippen molar-refractivity contribution in [2.75, 3.05) is 6.54 Å². The topological polar surface area (TPSA) is 78.2 Å². The Morgan fingerprint density at radius 1 is 0.974 bits per heavy atom. The van der Waals surface area contributed by atoms with Gasteiger partial charge in [0.15, 0.2) is 11.6 Å². The third-order valence-corrected chi connectivity index (χ3v) is 13.8. The van der Waals surface area contributed by atoms with E-state index in [1.807, 2.05) is 26.0 Å². The molecule has 4 fully saturated rings. The lowest BCUT2D eigenvalue weighted by atomic mass is 9.34. The average Bonchev–Trinajstić information content (AvgIpc) is 3.32. The number of carbonyl (C=O) groups is 3. The van der Waals surface area contributed by atoms with E-state index in [-0.39, 0.29) is 57.2 Å². The summed E-state index contributed by atoms with van der Waals surface area (Å²) in [5.74, 6) is 1.41. The fourth-order valence-corrected chi connectivity index (χ4v) is 11.4. The molecule has 39 heavy (non-hydrogen) atoms. The lowest BCUT2D eigenvalue weighted by Gasteiger charge is -2.70. The summed E-state index contributed by atoms with van der Waals surface area (Å²) in [6, 6.07) is 2.20. The number of nitriles is 1. The molecule has 0 spiro atoms. The van der Waals surface area contributed by atoms with Crippen LogP contribution in [-0.2, 0) is 14.4 Å². The van der Waals surface area contributed by atoms with Gasteiger partial charge in [-0.1, -0.05) is 60.1 Å². The van der Waals surface area contributed by atoms with E-state index in [0.29, 0.717) is 18.3 Å². The summed E-state index contributed by atoms with van der Waals surface area (Å²) in [5.41, 5.74) is -0.442. The Morgan fingerprint density at radius 2 is 1.69 bits per heavy atom. The van der Waals surface area contributed by atoms with Crippen LogP contribution in [0.15, 0.2) is 23.3 Å². The van der Waals surface area contributed by atoms with Crippen LogP contribution >= 0.6 is 0 Å². The molecule has 1 saturated heterocycles. The summed E-state index contributed by atoms with van der Waals surface area (Å²) in [4.78, 5) is 43.4. The fourth-order valence-electron chi connectivity index (χ4n) is 11.4. The molecule has 6 rings (SSSR count). The molecule has 3 saturated carbocycles. The van der Waals surface area contributed by atoms with Crippen LogP contribution in [0.4, 0.5) is 0 Å². The van der Waals surface area contributed by atoms with Gasteiger partial charge in [-0.3, -0.25) is 14.4 Å². The number of hydrogen-bond donors (Lipinski definition) is 0. The highest BCUT2D eigenvalue weighted by Gasteiger charge is 2.71. The third kappa shape index (κ3) is 3.10. The number of fused-ring (bicyclic) bond motifs is 7. The molecule has 5 aliphatic carbocycles. The molecule has 5 heteroatoms. The van der Waals surface area contributed by atoms with E-state index in [4.69, 9.17) is 0 Å². The molecule has 0 aromatic rings. The van der Waals surface area contributed by atoms with E-state index < -0.39 is 10.8 Å². The first-order valence-corrected chi connectivity index (χ1v) is 15.4. The third-order valence-electron chi connectivity index (χ3n) is 13.8. The second kappa shape index (κ2) is 8.17. The monoisotopic (exact) mass is 530 g/mol. The maximum Gasteiger partial charge on any atom is 0.223 e. The van der Waals surface area contributed by atoms with Crippen LogP contribution in [0.1, 0.15) is 99.8 Å². The molecule has 0 N–H and O–H groups in total. The number of allylic oxidation sites excluding steroid dienone is 4. The fraction of sp³-hybridized carbons (Fsp3) is 0.765. The second-order valence-electron chi connectivity index (χ2n) is 15.4. The molecule has 0 radical (unpaired) electrons. The minimum atomic E-state index is -0.650. The molecule has 1 heterocycles. The number of carbonyl (C=O) groups excluding carboxylic acids is 3. The summed E-state index contributed by atoms with van der Waals surface area (Å²) in [5, 5.41) is 9.93. The normalized spacial score (nSPS) is 48.7. The van der Waals surface area contributed by atoms with Crippen LogP contribution < -0.4 is 0 Å². The van der Waals surface area contributed by atoms with Gasteiger partial charge < -0.3 is 4.90 Å². The number of hydrogen-bond acceptors (Lipinski definition) is 4. The number of ketones is 2. The van der Waals surface area contributed by atoms with Gasteiger partial charge in [0.2, 0.25) is 5.91 Å². The number of likely N-dealkylation sites (tertiary alicyclic amines) is 1. The minimum Gasteiger partial charge on any atom is -0.337 e. The van der Waals surface area contributed by atoms with E-state index in [1.165, 1.54) is 0 Å². The molecule has 0 aromatic heterocycles. The number of rotatable bonds is 1. The Labute approximate surface area is 234 Å². The minimum absolute atomic E-state index is 0.0559. The zero-order valence-corrected chi connectivity index (χ0v) is 25.0. The van der Waals surface area contributed by atoms with Crippen molar-refractivity contribution in [1.29, 1.82) is 5.26 Å². The first kappa shape index (κ1) is 27.0. The Morgan fingerprint density at radius 3 is 2.33 bits per heavy atom. The van der Waals surface area contributed by atoms with Crippen LogP contribution in [0.25, 0.3) is 0 Å². The molecular weight excluding hydrogens is 484 g/mol. The van der Waals surface area contributed by atoms with Crippen molar-refractivity contribution >= 4 is 17.5 Å². The van der Waals surface area contributed by atoms with Crippen molar-refractivity contribution in [1.82, 2.24) is 4.90 Å². The highest BCUT2D eigenvalue weighted by Crippen LogP contribution is 2.74. The van der Waals surface area contributed by atoms with Crippen LogP contribution in [0.2, 0.25) is 0 Å². The van der Waals surface area contributed by atoms with Crippen molar-refractivity contribution < 1.29 is 14.4 Å². The Bertz CT molecular complexity index is 1270. The average molecular weight is 531 g/mol. The van der Waals surface area contributed by atoms with E-state index in [0.717, 1.165) is 57.1 Å². The zero-order chi connectivity index (χ0) is 28.3. The van der Waals surface area contributed by atoms with E-state index >= 15 is 0 Å². The summed E-state index contributed by atoms with van der Waals surface area (Å²) >= 11 is 0. The molecule has 0 unspecified atom stereocenters. The quantitative estimate of drug-likeness (QED) is 0.391. The standard InChI is InChI=1S/C34H46N2O3/c1-20-10-13-34(36-16-8-9-26(36)38)15-14-33(7)28(27(34)21(20)2)23(37)17-25-31(5)18-22(19-35)29(39)30(3,4)24(31)11-12-32(25,33)6/h17-18,20-21,24,27-28H,8-16H2,1-7H3/t20-,21+,24+,27+,28-,31+,32-,33-,34+/m1/s1. The molecule has 5 nitrogen and oxygen atoms in total. The maximum atomic E-state index is 14.6. The van der Waals surface area contributed by atoms with Gasteiger partial charge in [0.05, 0.1) is 5.57 Å². The van der Waals surface area contributed by atoms with Gasteiger partial charge in [-0.2, -0.15) is 5.26 Å². The van der Waals surface area contributed by atoms with Crippen LogP contribution in [0.5, 0.6) is 0 Å². The molecular formula is C34H46N2O3. The van der Waals surface area contributed by atoms with Crippen molar-refractivity contribution in [2.45, 2.75) is 105 Å². The van der Waals surface area contributed by atoms with Gasteiger partial charge >= 0.3 is 0 Å². The molecule has 9 atom stereocenters. The predicted octanol–water partition coefficient (Wildman–Crippen LogP) is 6.44. The van der Waals surface area contributed by atoms with Crippen LogP contribution in [0, 0.1) is 62.6 Å². The van der Waals surface area contributed by atoms with Gasteiger partial charge in [0.25, 0.3) is 0 Å². The highest BCUT2D eigenvalue weighted by atomic mass is 16.2. The van der Waals surface area contributed by atoms with Crippen molar-refractivity contribution in [3.8, 4) is 6.07 Å². The van der Waals surface area contributed by atoms with Gasteiger partial charge in [-0.25, -0.2) is 0 Å². The Kier molecular flexibility index (Phi) is 5.65. The summed E-state index contributed by atoms with van der Waals surface area (Å²) in [7, 11) is 0. The summed E-state index contributed by atoms with van der Waals surface area (Å²) in [6.45, 7) is 16.4. The van der Waals surface area contributed by atoms with Crippen molar-refractivity contribution in [3.63, 3.8) is 0 Å². The molecule has 0 bridgehead atoms. The summed E-state index contributed by atoms with van der Waals surface area (Å²) < 4.78 is 0. The van der Waals surface area contributed by atoms with Gasteiger partial charge in [-0.05, 0) is 85.5 Å². The lowest BCUT2D eigenvalue weighted by Crippen LogP contribution is -2.70. The zero-order valence-electron chi connectivity index (χ0n) is 25.0. The van der Waals surface area contributed by atoms with Gasteiger partial charge in [-0.15, -0.1) is 0 Å². The number of nitrogens with zero attached hydrogens (tertiary/aromatic N) is 2. The second-order valence-corrected chi connectivity index (χ2v) is 15.4. The van der Waals surface area contributed by atoms with E-state index in [2.05, 4.69) is 45.6 Å². The molecule has 6 aliphatic rings. The lowest BCUT2D eigenvalue weighted by molar-refractivity contribution is -0.186. The number of amides is 1. The first-order chi connectivity index (χ1) is 18.2. The van der Waals surface area contributed by atoms with Gasteiger partial charge in [0.1, 0.15) is 6.07 Å². The molecule has 1 amide bonds. The largest absolute Gasteiger partial charge is 0.337 e. The highest BCUT2D eigenvalue weighted by molar-refractivity contribution is 6.04. The SMILES string of the molecule is C[C@@H]1[C@H]2[C@H]3C(=O)C=C4[C@@]5(C)C=C(C#N)C(=O)C(C)(C)[C@@H]5CC[C@@]4(C)[C@]3(C)CC[C@@]2(N2CCCC2=O)CC[C@H]1C.